The van der Waals surface area contributed by atoms with Crippen LogP contribution in [-0.2, 0) is 0 Å². The standard InChI is InChI=1S/C45H28N4O.C39H26N4/c1-3-13-29(14-4-1)31-17-11-18-33(27-31)44-46-43(30-15-5-2-6-16-30)47-45(48-44)49-39-23-9-7-19-35(39)36-26-25-32(28-40(36)49)34-21-12-22-38-37-20-8-10-24-41(37)50-42(34)38;1-4-13-27(14-5-1)30-23-24-34-33-21-10-11-22-35(33)43(36(34)26-30)32-20-12-19-31(25-32)39-41-37(28-15-6-2-7-16-28)40-38(42-39)29-17-8-3-9-18-29/h1-28H;1-26H. The van der Waals surface area contributed by atoms with Gasteiger partial charge in [0.1, 0.15) is 11.2 Å². The Kier molecular flexibility index (Phi) is 13.7. The predicted octanol–water partition coefficient (Wildman–Crippen LogP) is 21.2. The first kappa shape index (κ1) is 54.4. The van der Waals surface area contributed by atoms with E-state index in [1.165, 1.54) is 21.9 Å². The molecule has 0 bridgehead atoms. The Morgan fingerprint density at radius 3 is 1.18 bits per heavy atom. The van der Waals surface area contributed by atoms with Crippen molar-refractivity contribution in [3.8, 4) is 102 Å². The van der Waals surface area contributed by atoms with E-state index in [-0.39, 0.29) is 0 Å². The van der Waals surface area contributed by atoms with Crippen molar-refractivity contribution in [2.45, 2.75) is 0 Å². The number of fused-ring (bicyclic) bond motifs is 9. The van der Waals surface area contributed by atoms with E-state index < -0.39 is 0 Å². The number of rotatable bonds is 10. The molecule has 5 heterocycles. The van der Waals surface area contributed by atoms with E-state index in [9.17, 15) is 0 Å². The fourth-order valence-electron chi connectivity index (χ4n) is 12.9. The van der Waals surface area contributed by atoms with Crippen molar-refractivity contribution in [3.63, 3.8) is 0 Å². The maximum Gasteiger partial charge on any atom is 0.238 e. The average molecular weight is 1190 g/mol. The van der Waals surface area contributed by atoms with E-state index in [4.69, 9.17) is 34.3 Å². The van der Waals surface area contributed by atoms with Crippen LogP contribution in [0.5, 0.6) is 0 Å². The van der Waals surface area contributed by atoms with Crippen molar-refractivity contribution < 1.29 is 4.42 Å². The first-order valence-corrected chi connectivity index (χ1v) is 31.1. The molecule has 0 atom stereocenters. The first-order valence-electron chi connectivity index (χ1n) is 31.1. The number of hydrogen-bond acceptors (Lipinski definition) is 7. The Hall–Kier alpha value is -12.7. The van der Waals surface area contributed by atoms with Gasteiger partial charge in [0.15, 0.2) is 29.1 Å². The summed E-state index contributed by atoms with van der Waals surface area (Å²) in [6.07, 6.45) is 0. The molecule has 0 N–H and O–H groups in total. The van der Waals surface area contributed by atoms with Gasteiger partial charge in [-0.2, -0.15) is 9.97 Å². The minimum absolute atomic E-state index is 0.560. The Morgan fingerprint density at radius 2 is 0.591 bits per heavy atom. The molecule has 9 heteroatoms. The zero-order valence-corrected chi connectivity index (χ0v) is 50.2. The summed E-state index contributed by atoms with van der Waals surface area (Å²) >= 11 is 0. The van der Waals surface area contributed by atoms with Crippen LogP contribution in [-0.4, -0.2) is 39.0 Å². The normalized spacial score (nSPS) is 11.4. The fourth-order valence-corrected chi connectivity index (χ4v) is 12.9. The highest BCUT2D eigenvalue weighted by atomic mass is 16.3. The van der Waals surface area contributed by atoms with Gasteiger partial charge in [0, 0.05) is 71.4 Å². The van der Waals surface area contributed by atoms with Gasteiger partial charge in [0.25, 0.3) is 0 Å². The van der Waals surface area contributed by atoms with Gasteiger partial charge < -0.3 is 8.98 Å². The highest BCUT2D eigenvalue weighted by Gasteiger charge is 2.22. The number of furan rings is 1. The van der Waals surface area contributed by atoms with Crippen LogP contribution in [0.3, 0.4) is 0 Å². The predicted molar refractivity (Wildman–Crippen MR) is 379 cm³/mol. The Bertz CT molecular complexity index is 5750. The third-order valence-corrected chi connectivity index (χ3v) is 17.3. The lowest BCUT2D eigenvalue weighted by Crippen LogP contribution is -2.06. The second-order valence-corrected chi connectivity index (χ2v) is 23.0. The van der Waals surface area contributed by atoms with Gasteiger partial charge in [-0.1, -0.05) is 279 Å². The van der Waals surface area contributed by atoms with E-state index in [1.54, 1.807) is 0 Å². The number of hydrogen-bond donors (Lipinski definition) is 0. The zero-order chi connectivity index (χ0) is 61.6. The van der Waals surface area contributed by atoms with Crippen molar-refractivity contribution >= 4 is 65.6 Å². The number of nitrogens with zero attached hydrogens (tertiary/aromatic N) is 8. The molecule has 0 radical (unpaired) electrons. The number of benzene rings is 13. The lowest BCUT2D eigenvalue weighted by Gasteiger charge is -2.12. The second-order valence-electron chi connectivity index (χ2n) is 23.0. The monoisotopic (exact) mass is 1190 g/mol. The third kappa shape index (κ3) is 10.1. The summed E-state index contributed by atoms with van der Waals surface area (Å²) in [5, 5.41) is 6.91. The lowest BCUT2D eigenvalue weighted by atomic mass is 10.0. The number of para-hydroxylation sites is 4. The van der Waals surface area contributed by atoms with Crippen molar-refractivity contribution in [2.75, 3.05) is 0 Å². The van der Waals surface area contributed by atoms with Crippen LogP contribution >= 0.6 is 0 Å². The summed E-state index contributed by atoms with van der Waals surface area (Å²) in [5.74, 6) is 3.73. The summed E-state index contributed by atoms with van der Waals surface area (Å²) < 4.78 is 11.0. The van der Waals surface area contributed by atoms with Crippen LogP contribution in [0.25, 0.3) is 168 Å². The van der Waals surface area contributed by atoms with Crippen LogP contribution in [0.1, 0.15) is 0 Å². The van der Waals surface area contributed by atoms with Crippen molar-refractivity contribution in [2.24, 2.45) is 0 Å². The van der Waals surface area contributed by atoms with Gasteiger partial charge in [-0.15, -0.1) is 0 Å². The summed E-state index contributed by atoms with van der Waals surface area (Å²) in [5.41, 5.74) is 18.6. The molecule has 13 aromatic carbocycles. The molecule has 0 spiro atoms. The Balaban J connectivity index is 0.000000144. The molecule has 0 amide bonds. The molecule has 18 rings (SSSR count). The summed E-state index contributed by atoms with van der Waals surface area (Å²) in [6.45, 7) is 0. The van der Waals surface area contributed by atoms with Gasteiger partial charge in [0.2, 0.25) is 5.95 Å². The van der Waals surface area contributed by atoms with Gasteiger partial charge in [-0.25, -0.2) is 19.9 Å². The van der Waals surface area contributed by atoms with Crippen LogP contribution in [0.4, 0.5) is 0 Å². The molecular formula is C84H54N8O. The van der Waals surface area contributed by atoms with Gasteiger partial charge in [-0.05, 0) is 76.3 Å². The van der Waals surface area contributed by atoms with Crippen LogP contribution < -0.4 is 0 Å². The van der Waals surface area contributed by atoms with Gasteiger partial charge >= 0.3 is 0 Å². The maximum absolute atomic E-state index is 6.46. The second kappa shape index (κ2) is 23.3. The minimum Gasteiger partial charge on any atom is -0.455 e. The smallest absolute Gasteiger partial charge is 0.238 e. The quantitative estimate of drug-likeness (QED) is 0.134. The molecular weight excluding hydrogens is 1140 g/mol. The molecule has 0 unspecified atom stereocenters. The molecule has 18 aromatic rings. The minimum atomic E-state index is 0.560. The van der Waals surface area contributed by atoms with E-state index in [0.29, 0.717) is 35.1 Å². The molecule has 0 aliphatic heterocycles. The molecule has 0 fully saturated rings. The highest BCUT2D eigenvalue weighted by Crippen LogP contribution is 2.41. The molecule has 0 saturated heterocycles. The Morgan fingerprint density at radius 1 is 0.215 bits per heavy atom. The van der Waals surface area contributed by atoms with Crippen LogP contribution in [0, 0.1) is 0 Å². The van der Waals surface area contributed by atoms with Gasteiger partial charge in [-0.3, -0.25) is 4.57 Å². The highest BCUT2D eigenvalue weighted by molar-refractivity contribution is 6.13. The molecule has 0 saturated carbocycles. The fraction of sp³-hybridized carbons (Fsp3) is 0. The summed E-state index contributed by atoms with van der Waals surface area (Å²) in [6, 6.07) is 113. The van der Waals surface area contributed by atoms with Crippen molar-refractivity contribution in [3.05, 3.63) is 328 Å². The third-order valence-electron chi connectivity index (χ3n) is 17.3. The van der Waals surface area contributed by atoms with Crippen LogP contribution in [0.2, 0.25) is 0 Å². The van der Waals surface area contributed by atoms with E-state index in [2.05, 4.69) is 228 Å². The molecule has 0 aliphatic carbocycles. The summed E-state index contributed by atoms with van der Waals surface area (Å²) in [7, 11) is 0. The molecule has 0 aliphatic rings. The summed E-state index contributed by atoms with van der Waals surface area (Å²) in [4.78, 5) is 30.2. The lowest BCUT2D eigenvalue weighted by molar-refractivity contribution is 0.670. The van der Waals surface area contributed by atoms with E-state index >= 15 is 0 Å². The van der Waals surface area contributed by atoms with Crippen molar-refractivity contribution in [1.29, 1.82) is 0 Å². The van der Waals surface area contributed by atoms with E-state index in [0.717, 1.165) is 111 Å². The maximum atomic E-state index is 6.46. The average Bonchev–Trinajstić information content (AvgIpc) is 1.61. The Labute approximate surface area is 535 Å². The van der Waals surface area contributed by atoms with Gasteiger partial charge in [0.05, 0.1) is 22.1 Å². The molecule has 5 aromatic heterocycles. The molecule has 436 valence electrons. The van der Waals surface area contributed by atoms with Crippen LogP contribution in [0.15, 0.2) is 332 Å². The topological polar surface area (TPSA) is 100 Å². The zero-order valence-electron chi connectivity index (χ0n) is 50.2. The largest absolute Gasteiger partial charge is 0.455 e. The van der Waals surface area contributed by atoms with Crippen molar-refractivity contribution in [1.82, 2.24) is 39.0 Å². The number of aromatic nitrogens is 8. The first-order chi connectivity index (χ1) is 46.1. The van der Waals surface area contributed by atoms with E-state index in [1.807, 2.05) is 109 Å². The SMILES string of the molecule is c1ccc(-c2ccc3c4ccccc4n(-c4cccc(-c5nc(-c6ccccc6)nc(-c6ccccc6)n5)c4)c3c2)cc1.c1ccc(-c2cccc(-c3nc(-c4ccccc4)nc(-n4c5ccccc5c5ccc(-c6cccc7c6oc6ccccc67)cc54)n3)c2)cc1. The molecule has 9 nitrogen and oxygen atoms in total. The molecule has 93 heavy (non-hydrogen) atoms.